The van der Waals surface area contributed by atoms with Crippen LogP contribution in [0.2, 0.25) is 0 Å². The molecule has 1 unspecified atom stereocenters. The Bertz CT molecular complexity index is 713. The average Bonchev–Trinajstić information content (AvgIpc) is 3.21. The van der Waals surface area contributed by atoms with Crippen LogP contribution < -0.4 is 15.1 Å². The summed E-state index contributed by atoms with van der Waals surface area (Å²) in [6.07, 6.45) is 1.04. The molecule has 0 aliphatic carbocycles. The van der Waals surface area contributed by atoms with Crippen molar-refractivity contribution in [2.45, 2.75) is 18.9 Å². The van der Waals surface area contributed by atoms with Gasteiger partial charge >= 0.3 is 0 Å². The number of carbonyl (C=O) groups is 2. The van der Waals surface area contributed by atoms with Gasteiger partial charge in [0.15, 0.2) is 11.6 Å². The molecule has 0 saturated carbocycles. The third-order valence-electron chi connectivity index (χ3n) is 5.96. The maximum absolute atomic E-state index is 12.5. The van der Waals surface area contributed by atoms with Crippen LogP contribution in [-0.2, 0) is 9.59 Å². The Hall–Kier alpha value is -2.46. The number of nitrogens with zero attached hydrogens (tertiary/aromatic N) is 6. The molecule has 0 aromatic carbocycles. The molecule has 0 bridgehead atoms. The summed E-state index contributed by atoms with van der Waals surface area (Å²) in [5.41, 5.74) is 0. The Morgan fingerprint density at radius 1 is 1.00 bits per heavy atom. The van der Waals surface area contributed by atoms with Crippen molar-refractivity contribution in [2.24, 2.45) is 0 Å². The standard InChI is InChI=1S/C19H29N7O3/c27-14-13-23-5-7-24(8-6-23)16-2-3-17(22-21-16)25-9-11-26(12-10-25)19(29)15-1-4-18(28)20-15/h2-3,15,27H,1,4-14H2,(H,20,28). The fourth-order valence-electron chi connectivity index (χ4n) is 4.17. The van der Waals surface area contributed by atoms with Crippen molar-refractivity contribution in [2.75, 3.05) is 75.3 Å². The summed E-state index contributed by atoms with van der Waals surface area (Å²) in [5, 5.41) is 20.6. The first kappa shape index (κ1) is 19.8. The van der Waals surface area contributed by atoms with Crippen LogP contribution in [0.15, 0.2) is 12.1 Å². The van der Waals surface area contributed by atoms with E-state index in [1.54, 1.807) is 0 Å². The lowest BCUT2D eigenvalue weighted by atomic mass is 10.2. The first-order chi connectivity index (χ1) is 14.1. The van der Waals surface area contributed by atoms with Crippen molar-refractivity contribution in [1.82, 2.24) is 25.3 Å². The highest BCUT2D eigenvalue weighted by Gasteiger charge is 2.32. The third kappa shape index (κ3) is 4.59. The molecular formula is C19H29N7O3. The molecule has 0 spiro atoms. The molecule has 2 N–H and O–H groups in total. The van der Waals surface area contributed by atoms with Gasteiger partial charge in [0.25, 0.3) is 0 Å². The maximum Gasteiger partial charge on any atom is 0.245 e. The Balaban J connectivity index is 1.27. The number of aromatic nitrogens is 2. The number of carbonyl (C=O) groups excluding carboxylic acids is 2. The quantitative estimate of drug-likeness (QED) is 0.613. The SMILES string of the molecule is O=C1CCC(C(=O)N2CCN(c3ccc(N4CCN(CCO)CC4)nn3)CC2)N1. The van der Waals surface area contributed by atoms with Crippen LogP contribution in [0.1, 0.15) is 12.8 Å². The van der Waals surface area contributed by atoms with Gasteiger partial charge in [-0.05, 0) is 18.6 Å². The van der Waals surface area contributed by atoms with Crippen molar-refractivity contribution >= 4 is 23.5 Å². The summed E-state index contributed by atoms with van der Waals surface area (Å²) in [4.78, 5) is 32.3. The molecule has 3 saturated heterocycles. The highest BCUT2D eigenvalue weighted by Crippen LogP contribution is 2.19. The molecule has 1 atom stereocenters. The molecular weight excluding hydrogens is 374 g/mol. The zero-order valence-electron chi connectivity index (χ0n) is 16.7. The van der Waals surface area contributed by atoms with Crippen LogP contribution in [0, 0.1) is 0 Å². The molecule has 0 radical (unpaired) electrons. The Kier molecular flexibility index (Phi) is 6.10. The second-order valence-electron chi connectivity index (χ2n) is 7.77. The van der Waals surface area contributed by atoms with Crippen molar-refractivity contribution in [3.05, 3.63) is 12.1 Å². The number of β-amino-alcohol motifs (C(OH)–C–C–N with tert-alkyl or cyclic N) is 1. The fourth-order valence-corrected chi connectivity index (χ4v) is 4.17. The van der Waals surface area contributed by atoms with Gasteiger partial charge in [0, 0.05) is 65.3 Å². The van der Waals surface area contributed by atoms with E-state index >= 15 is 0 Å². The monoisotopic (exact) mass is 403 g/mol. The normalized spacial score (nSPS) is 23.4. The smallest absolute Gasteiger partial charge is 0.245 e. The average molecular weight is 403 g/mol. The molecule has 4 heterocycles. The lowest BCUT2D eigenvalue weighted by molar-refractivity contribution is -0.134. The molecule has 1 aromatic rings. The van der Waals surface area contributed by atoms with E-state index in [4.69, 9.17) is 5.11 Å². The van der Waals surface area contributed by atoms with E-state index in [0.29, 0.717) is 39.0 Å². The van der Waals surface area contributed by atoms with Crippen LogP contribution in [0.5, 0.6) is 0 Å². The van der Waals surface area contributed by atoms with Gasteiger partial charge in [-0.2, -0.15) is 0 Å². The minimum absolute atomic E-state index is 0.0253. The predicted molar refractivity (Wildman–Crippen MR) is 108 cm³/mol. The Labute approximate surface area is 170 Å². The summed E-state index contributed by atoms with van der Waals surface area (Å²) < 4.78 is 0. The summed E-state index contributed by atoms with van der Waals surface area (Å²) >= 11 is 0. The molecule has 3 fully saturated rings. The highest BCUT2D eigenvalue weighted by atomic mass is 16.3. The predicted octanol–water partition coefficient (Wildman–Crippen LogP) is -1.48. The first-order valence-corrected chi connectivity index (χ1v) is 10.4. The van der Waals surface area contributed by atoms with E-state index in [-0.39, 0.29) is 24.5 Å². The second kappa shape index (κ2) is 8.91. The van der Waals surface area contributed by atoms with Gasteiger partial charge in [-0.25, -0.2) is 0 Å². The van der Waals surface area contributed by atoms with Crippen LogP contribution in [0.25, 0.3) is 0 Å². The summed E-state index contributed by atoms with van der Waals surface area (Å²) in [7, 11) is 0. The lowest BCUT2D eigenvalue weighted by Gasteiger charge is -2.37. The van der Waals surface area contributed by atoms with E-state index in [9.17, 15) is 9.59 Å². The van der Waals surface area contributed by atoms with Gasteiger partial charge in [0.2, 0.25) is 11.8 Å². The van der Waals surface area contributed by atoms with Crippen LogP contribution in [-0.4, -0.2) is 108 Å². The topological polar surface area (TPSA) is 105 Å². The summed E-state index contributed by atoms with van der Waals surface area (Å²) in [5.74, 6) is 1.70. The van der Waals surface area contributed by atoms with E-state index < -0.39 is 0 Å². The van der Waals surface area contributed by atoms with Gasteiger partial charge in [0.1, 0.15) is 6.04 Å². The minimum Gasteiger partial charge on any atom is -0.395 e. The number of rotatable bonds is 5. The molecule has 158 valence electrons. The number of aliphatic hydroxyl groups is 1. The number of piperazine rings is 2. The highest BCUT2D eigenvalue weighted by molar-refractivity contribution is 5.90. The zero-order chi connectivity index (χ0) is 20.2. The lowest BCUT2D eigenvalue weighted by Crippen LogP contribution is -2.53. The Morgan fingerprint density at radius 3 is 2.07 bits per heavy atom. The van der Waals surface area contributed by atoms with Crippen molar-refractivity contribution in [3.63, 3.8) is 0 Å². The van der Waals surface area contributed by atoms with E-state index in [1.807, 2.05) is 17.0 Å². The van der Waals surface area contributed by atoms with Gasteiger partial charge in [0.05, 0.1) is 6.61 Å². The fraction of sp³-hybridized carbons (Fsp3) is 0.684. The van der Waals surface area contributed by atoms with Crippen molar-refractivity contribution in [3.8, 4) is 0 Å². The van der Waals surface area contributed by atoms with E-state index in [0.717, 1.165) is 44.4 Å². The maximum atomic E-state index is 12.5. The van der Waals surface area contributed by atoms with Gasteiger partial charge in [-0.1, -0.05) is 0 Å². The molecule has 3 aliphatic rings. The molecule has 1 aromatic heterocycles. The number of amides is 2. The molecule has 4 rings (SSSR count). The third-order valence-corrected chi connectivity index (χ3v) is 5.96. The first-order valence-electron chi connectivity index (χ1n) is 10.4. The number of anilines is 2. The molecule has 10 nitrogen and oxygen atoms in total. The van der Waals surface area contributed by atoms with Crippen molar-refractivity contribution < 1.29 is 14.7 Å². The zero-order valence-corrected chi connectivity index (χ0v) is 16.7. The second-order valence-corrected chi connectivity index (χ2v) is 7.77. The van der Waals surface area contributed by atoms with E-state index in [1.165, 1.54) is 0 Å². The molecule has 3 aliphatic heterocycles. The van der Waals surface area contributed by atoms with Crippen LogP contribution >= 0.6 is 0 Å². The van der Waals surface area contributed by atoms with Gasteiger partial charge < -0.3 is 25.1 Å². The number of hydrogen-bond donors (Lipinski definition) is 2. The van der Waals surface area contributed by atoms with E-state index in [2.05, 4.69) is 30.2 Å². The molecule has 10 heteroatoms. The number of hydrogen-bond acceptors (Lipinski definition) is 8. The molecule has 29 heavy (non-hydrogen) atoms. The van der Waals surface area contributed by atoms with Crippen molar-refractivity contribution in [1.29, 1.82) is 0 Å². The minimum atomic E-state index is -0.356. The largest absolute Gasteiger partial charge is 0.395 e. The summed E-state index contributed by atoms with van der Waals surface area (Å²) in [6, 6.07) is 3.65. The molecule has 2 amide bonds. The number of nitrogens with one attached hydrogen (secondary N) is 1. The summed E-state index contributed by atoms with van der Waals surface area (Å²) in [6.45, 7) is 7.19. The van der Waals surface area contributed by atoms with Crippen LogP contribution in [0.4, 0.5) is 11.6 Å². The Morgan fingerprint density at radius 2 is 1.59 bits per heavy atom. The number of aliphatic hydroxyl groups excluding tert-OH is 1. The van der Waals surface area contributed by atoms with Crippen LogP contribution in [0.3, 0.4) is 0 Å². The van der Waals surface area contributed by atoms with Gasteiger partial charge in [-0.15, -0.1) is 10.2 Å². The van der Waals surface area contributed by atoms with Gasteiger partial charge in [-0.3, -0.25) is 14.5 Å².